The zero-order valence-corrected chi connectivity index (χ0v) is 16.7. The predicted octanol–water partition coefficient (Wildman–Crippen LogP) is 4.67. The first-order valence-corrected chi connectivity index (χ1v) is 9.71. The van der Waals surface area contributed by atoms with Crippen molar-refractivity contribution in [2.45, 2.75) is 16.0 Å². The van der Waals surface area contributed by atoms with Crippen LogP contribution in [0, 0.1) is 5.82 Å². The molecule has 3 aromatic rings. The van der Waals surface area contributed by atoms with Gasteiger partial charge in [0.2, 0.25) is 0 Å². The number of halogens is 2. The summed E-state index contributed by atoms with van der Waals surface area (Å²) < 4.78 is 20.2. The van der Waals surface area contributed by atoms with Gasteiger partial charge in [0.1, 0.15) is 23.7 Å². The van der Waals surface area contributed by atoms with Crippen LogP contribution in [0.15, 0.2) is 63.2 Å². The van der Waals surface area contributed by atoms with Crippen molar-refractivity contribution in [3.8, 4) is 0 Å². The maximum atomic E-state index is 14.2. The van der Waals surface area contributed by atoms with Gasteiger partial charge in [-0.2, -0.15) is 0 Å². The van der Waals surface area contributed by atoms with Crippen molar-refractivity contribution < 1.29 is 14.2 Å². The van der Waals surface area contributed by atoms with Crippen molar-refractivity contribution in [2.24, 2.45) is 0 Å². The summed E-state index contributed by atoms with van der Waals surface area (Å²) in [5, 5.41) is 11.6. The Morgan fingerprint density at radius 1 is 1.22 bits per heavy atom. The summed E-state index contributed by atoms with van der Waals surface area (Å²) in [6, 6.07) is 10.1. The largest absolute Gasteiger partial charge is 0.384 e. The minimum Gasteiger partial charge on any atom is -0.384 e. The summed E-state index contributed by atoms with van der Waals surface area (Å²) in [5.41, 5.74) is 1.63. The fourth-order valence-corrected chi connectivity index (χ4v) is 4.32. The summed E-state index contributed by atoms with van der Waals surface area (Å²) in [5.74, 6) is 0.236. The molecule has 8 heteroatoms. The van der Waals surface area contributed by atoms with E-state index in [2.05, 4.69) is 25.9 Å². The third-order valence-electron chi connectivity index (χ3n) is 4.21. The summed E-state index contributed by atoms with van der Waals surface area (Å²) in [7, 11) is 1.60. The second-order valence-corrected chi connectivity index (χ2v) is 7.87. The first kappa shape index (κ1) is 18.4. The van der Waals surface area contributed by atoms with E-state index in [9.17, 15) is 9.50 Å². The fraction of sp³-hybridized carbons (Fsp3) is 0.158. The molecule has 138 valence electrons. The van der Waals surface area contributed by atoms with Crippen LogP contribution in [0.5, 0.6) is 0 Å². The average Bonchev–Trinajstić information content (AvgIpc) is 2.69. The lowest BCUT2D eigenvalue weighted by molar-refractivity contribution is 0.204. The van der Waals surface area contributed by atoms with E-state index in [1.807, 2.05) is 17.0 Å². The van der Waals surface area contributed by atoms with Gasteiger partial charge in [-0.25, -0.2) is 14.4 Å². The number of aliphatic hydroxyl groups is 1. The minimum absolute atomic E-state index is 0.214. The van der Waals surface area contributed by atoms with Crippen LogP contribution in [-0.2, 0) is 4.74 Å². The molecule has 1 unspecified atom stereocenters. The smallest absolute Gasteiger partial charge is 0.168 e. The molecule has 0 spiro atoms. The number of rotatable bonds is 4. The number of aliphatic hydroxyl groups excluding tert-OH is 1. The summed E-state index contributed by atoms with van der Waals surface area (Å²) in [4.78, 5) is 11.6. The topological polar surface area (TPSA) is 58.5 Å². The molecule has 0 aliphatic carbocycles. The molecule has 5 nitrogen and oxygen atoms in total. The standard InChI is InChI=1S/C19H15BrFN3O2S/c1-26-10-24-15-8-11(17(25)13-9-12(20)3-4-14(13)21)2-5-16(15)27-19-18(24)22-6-7-23-19/h2-9,17,25H,10H2,1H3. The Labute approximate surface area is 168 Å². The number of aromatic nitrogens is 2. The highest BCUT2D eigenvalue weighted by atomic mass is 79.9. The van der Waals surface area contributed by atoms with Gasteiger partial charge in [0.05, 0.1) is 5.69 Å². The van der Waals surface area contributed by atoms with Gasteiger partial charge in [-0.05, 0) is 35.9 Å². The highest BCUT2D eigenvalue weighted by molar-refractivity contribution is 9.10. The van der Waals surface area contributed by atoms with Crippen LogP contribution in [0.1, 0.15) is 17.2 Å². The quantitative estimate of drug-likeness (QED) is 0.627. The van der Waals surface area contributed by atoms with Gasteiger partial charge in [-0.3, -0.25) is 4.90 Å². The van der Waals surface area contributed by atoms with Crippen LogP contribution in [0.4, 0.5) is 15.9 Å². The third-order valence-corrected chi connectivity index (χ3v) is 5.75. The van der Waals surface area contributed by atoms with Crippen molar-refractivity contribution in [1.29, 1.82) is 0 Å². The van der Waals surface area contributed by atoms with E-state index in [-0.39, 0.29) is 12.3 Å². The Morgan fingerprint density at radius 3 is 2.85 bits per heavy atom. The Balaban J connectivity index is 1.77. The monoisotopic (exact) mass is 447 g/mol. The van der Waals surface area contributed by atoms with Crippen molar-refractivity contribution in [1.82, 2.24) is 9.97 Å². The van der Waals surface area contributed by atoms with E-state index in [4.69, 9.17) is 4.74 Å². The van der Waals surface area contributed by atoms with Crippen LogP contribution in [-0.4, -0.2) is 28.9 Å². The van der Waals surface area contributed by atoms with Gasteiger partial charge in [-0.15, -0.1) is 0 Å². The Bertz CT molecular complexity index is 1000. The van der Waals surface area contributed by atoms with Crippen LogP contribution in [0.25, 0.3) is 0 Å². The number of benzene rings is 2. The van der Waals surface area contributed by atoms with Crippen LogP contribution in [0.3, 0.4) is 0 Å². The minimum atomic E-state index is -1.09. The SMILES string of the molecule is COCN1c2cc(C(O)c3cc(Br)ccc3F)ccc2Sc2nccnc21. The van der Waals surface area contributed by atoms with Gasteiger partial charge in [0, 0.05) is 34.4 Å². The number of fused-ring (bicyclic) bond motifs is 2. The van der Waals surface area contributed by atoms with Crippen molar-refractivity contribution in [3.63, 3.8) is 0 Å². The maximum absolute atomic E-state index is 14.2. The summed E-state index contributed by atoms with van der Waals surface area (Å²) in [6.45, 7) is 0.282. The molecule has 1 aliphatic rings. The maximum Gasteiger partial charge on any atom is 0.168 e. The lowest BCUT2D eigenvalue weighted by atomic mass is 10.0. The lowest BCUT2D eigenvalue weighted by Gasteiger charge is -2.30. The second kappa shape index (κ2) is 7.55. The molecule has 0 radical (unpaired) electrons. The lowest BCUT2D eigenvalue weighted by Crippen LogP contribution is -2.24. The molecular weight excluding hydrogens is 433 g/mol. The molecule has 1 aliphatic heterocycles. The molecule has 0 fully saturated rings. The van der Waals surface area contributed by atoms with Gasteiger partial charge < -0.3 is 9.84 Å². The number of anilines is 2. The molecule has 1 aromatic heterocycles. The third kappa shape index (κ3) is 3.45. The number of ether oxygens (including phenoxy) is 1. The molecule has 0 amide bonds. The van der Waals surface area contributed by atoms with E-state index in [0.717, 1.165) is 15.6 Å². The molecule has 0 bridgehead atoms. The van der Waals surface area contributed by atoms with Gasteiger partial charge in [-0.1, -0.05) is 33.8 Å². The molecular formula is C19H15BrFN3O2S. The molecule has 2 heterocycles. The number of hydrogen-bond donors (Lipinski definition) is 1. The van der Waals surface area contributed by atoms with E-state index in [0.29, 0.717) is 15.9 Å². The van der Waals surface area contributed by atoms with Crippen LogP contribution >= 0.6 is 27.7 Å². The molecule has 27 heavy (non-hydrogen) atoms. The fourth-order valence-electron chi connectivity index (χ4n) is 2.96. The highest BCUT2D eigenvalue weighted by Gasteiger charge is 2.27. The first-order valence-electron chi connectivity index (χ1n) is 8.11. The average molecular weight is 448 g/mol. The Morgan fingerprint density at radius 2 is 2.04 bits per heavy atom. The number of nitrogens with zero attached hydrogens (tertiary/aromatic N) is 3. The van der Waals surface area contributed by atoms with E-state index in [1.54, 1.807) is 37.7 Å². The number of hydrogen-bond acceptors (Lipinski definition) is 6. The molecule has 0 saturated carbocycles. The molecule has 4 rings (SSSR count). The number of methoxy groups -OCH3 is 1. The van der Waals surface area contributed by atoms with Crippen molar-refractivity contribution >= 4 is 39.2 Å². The first-order chi connectivity index (χ1) is 13.1. The van der Waals surface area contributed by atoms with Crippen molar-refractivity contribution in [3.05, 3.63) is 70.2 Å². The Hall–Kier alpha value is -2.00. The van der Waals surface area contributed by atoms with Gasteiger partial charge in [0.15, 0.2) is 5.82 Å². The molecule has 1 atom stereocenters. The zero-order chi connectivity index (χ0) is 19.0. The normalized spacial score (nSPS) is 13.9. The summed E-state index contributed by atoms with van der Waals surface area (Å²) in [6.07, 6.45) is 2.18. The molecule has 1 N–H and O–H groups in total. The van der Waals surface area contributed by atoms with E-state index < -0.39 is 11.9 Å². The van der Waals surface area contributed by atoms with E-state index in [1.165, 1.54) is 17.8 Å². The highest BCUT2D eigenvalue weighted by Crippen LogP contribution is 2.47. The zero-order valence-electron chi connectivity index (χ0n) is 14.3. The molecule has 2 aromatic carbocycles. The van der Waals surface area contributed by atoms with Gasteiger partial charge >= 0.3 is 0 Å². The molecule has 0 saturated heterocycles. The predicted molar refractivity (Wildman–Crippen MR) is 105 cm³/mol. The Kier molecular flexibility index (Phi) is 5.14. The van der Waals surface area contributed by atoms with Crippen LogP contribution < -0.4 is 4.90 Å². The summed E-state index contributed by atoms with van der Waals surface area (Å²) >= 11 is 4.82. The van der Waals surface area contributed by atoms with Crippen LogP contribution in [0.2, 0.25) is 0 Å². The van der Waals surface area contributed by atoms with E-state index >= 15 is 0 Å². The van der Waals surface area contributed by atoms with Crippen molar-refractivity contribution in [2.75, 3.05) is 18.7 Å². The second-order valence-electron chi connectivity index (χ2n) is 5.93. The van der Waals surface area contributed by atoms with Gasteiger partial charge in [0.25, 0.3) is 0 Å².